The Labute approximate surface area is 147 Å². The number of carbonyl (C=O) groups is 1. The first-order valence-electron chi connectivity index (χ1n) is 7.91. The van der Waals surface area contributed by atoms with Gasteiger partial charge in [-0.15, -0.1) is 0 Å². The van der Waals surface area contributed by atoms with Crippen LogP contribution in [0.1, 0.15) is 52.8 Å². The van der Waals surface area contributed by atoms with Crippen molar-refractivity contribution in [2.45, 2.75) is 65.6 Å². The average Bonchev–Trinajstić information content (AvgIpc) is 2.42. The molecule has 1 aliphatic rings. The Kier molecular flexibility index (Phi) is 4.97. The summed E-state index contributed by atoms with van der Waals surface area (Å²) >= 11 is 6.02. The van der Waals surface area contributed by atoms with Gasteiger partial charge in [0.2, 0.25) is 5.28 Å². The summed E-state index contributed by atoms with van der Waals surface area (Å²) in [7, 11) is 0. The highest BCUT2D eigenvalue weighted by molar-refractivity contribution is 6.28. The van der Waals surface area contributed by atoms with Crippen LogP contribution in [0.3, 0.4) is 0 Å². The molecule has 8 heteroatoms. The highest BCUT2D eigenvalue weighted by Gasteiger charge is 2.32. The van der Waals surface area contributed by atoms with Gasteiger partial charge in [-0.1, -0.05) is 0 Å². The van der Waals surface area contributed by atoms with E-state index in [0.29, 0.717) is 24.5 Å². The fraction of sp³-hybridized carbons (Fsp3) is 0.688. The molecule has 2 heterocycles. The zero-order valence-corrected chi connectivity index (χ0v) is 15.8. The Balaban J connectivity index is 2.30. The molecule has 2 rings (SSSR count). The smallest absolute Gasteiger partial charge is 0.410 e. The van der Waals surface area contributed by atoms with Gasteiger partial charge < -0.3 is 9.64 Å². The number of halogens is 1. The minimum atomic E-state index is -0.556. The normalized spacial score (nSPS) is 15.1. The maximum Gasteiger partial charge on any atom is 0.410 e. The van der Waals surface area contributed by atoms with Crippen LogP contribution in [0.4, 0.5) is 10.6 Å². The van der Waals surface area contributed by atoms with E-state index in [-0.39, 0.29) is 17.9 Å². The zero-order valence-electron chi connectivity index (χ0n) is 15.1. The quantitative estimate of drug-likeness (QED) is 0.613. The standard InChI is InChI=1S/C16H25ClN4O3/c1-15(2,3)21(23)12-10-7-8-20(14(22)24-16(4,5)6)9-11(10)18-13(17)19-12/h23H,7-9H2,1-6H3. The molecule has 0 saturated heterocycles. The molecule has 0 unspecified atom stereocenters. The van der Waals surface area contributed by atoms with Gasteiger partial charge in [-0.2, -0.15) is 4.98 Å². The minimum Gasteiger partial charge on any atom is -0.444 e. The number of hydrogen-bond donors (Lipinski definition) is 1. The first-order valence-corrected chi connectivity index (χ1v) is 8.28. The van der Waals surface area contributed by atoms with E-state index in [1.165, 1.54) is 0 Å². The van der Waals surface area contributed by atoms with Gasteiger partial charge in [-0.05, 0) is 59.6 Å². The van der Waals surface area contributed by atoms with Gasteiger partial charge in [0.1, 0.15) is 5.60 Å². The molecule has 0 atom stereocenters. The second kappa shape index (κ2) is 6.37. The lowest BCUT2D eigenvalue weighted by Crippen LogP contribution is -2.43. The summed E-state index contributed by atoms with van der Waals surface area (Å²) < 4.78 is 5.41. The van der Waals surface area contributed by atoms with Crippen LogP contribution in [0, 0.1) is 0 Å². The van der Waals surface area contributed by atoms with E-state index in [0.717, 1.165) is 10.6 Å². The third-order valence-corrected chi connectivity index (χ3v) is 3.67. The molecule has 1 amide bonds. The molecule has 0 fully saturated rings. The topological polar surface area (TPSA) is 78.8 Å². The highest BCUT2D eigenvalue weighted by Crippen LogP contribution is 2.30. The number of ether oxygens (including phenoxy) is 1. The summed E-state index contributed by atoms with van der Waals surface area (Å²) in [6, 6.07) is 0. The van der Waals surface area contributed by atoms with Crippen LogP contribution < -0.4 is 5.06 Å². The molecule has 1 aromatic heterocycles. The number of anilines is 1. The summed E-state index contributed by atoms with van der Waals surface area (Å²) in [6.07, 6.45) is 0.134. The van der Waals surface area contributed by atoms with Crippen LogP contribution in [0.25, 0.3) is 0 Å². The monoisotopic (exact) mass is 356 g/mol. The van der Waals surface area contributed by atoms with Crippen molar-refractivity contribution in [3.63, 3.8) is 0 Å². The third-order valence-electron chi connectivity index (χ3n) is 3.50. The number of carbonyl (C=O) groups excluding carboxylic acids is 1. The van der Waals surface area contributed by atoms with Gasteiger partial charge in [-0.25, -0.2) is 14.8 Å². The van der Waals surface area contributed by atoms with Crippen molar-refractivity contribution in [3.05, 3.63) is 16.5 Å². The van der Waals surface area contributed by atoms with Crippen LogP contribution in [0.2, 0.25) is 5.28 Å². The Morgan fingerprint density at radius 1 is 1.25 bits per heavy atom. The Morgan fingerprint density at radius 2 is 1.88 bits per heavy atom. The summed E-state index contributed by atoms with van der Waals surface area (Å²) in [6.45, 7) is 11.8. The van der Waals surface area contributed by atoms with E-state index < -0.39 is 11.1 Å². The summed E-state index contributed by atoms with van der Waals surface area (Å²) in [5.41, 5.74) is 0.343. The highest BCUT2D eigenvalue weighted by atomic mass is 35.5. The van der Waals surface area contributed by atoms with E-state index in [1.807, 2.05) is 41.5 Å². The van der Waals surface area contributed by atoms with Gasteiger partial charge in [0.25, 0.3) is 0 Å². The molecule has 0 aliphatic carbocycles. The predicted octanol–water partition coefficient (Wildman–Crippen LogP) is 3.42. The maximum atomic E-state index is 12.3. The van der Waals surface area contributed by atoms with Crippen LogP contribution in [-0.2, 0) is 17.7 Å². The van der Waals surface area contributed by atoms with Crippen molar-refractivity contribution < 1.29 is 14.7 Å². The molecular weight excluding hydrogens is 332 g/mol. The van der Waals surface area contributed by atoms with Crippen molar-refractivity contribution >= 4 is 23.5 Å². The summed E-state index contributed by atoms with van der Waals surface area (Å²) in [5, 5.41) is 11.6. The molecule has 1 N–H and O–H groups in total. The number of aromatic nitrogens is 2. The van der Waals surface area contributed by atoms with Crippen molar-refractivity contribution in [1.82, 2.24) is 14.9 Å². The van der Waals surface area contributed by atoms with E-state index in [2.05, 4.69) is 9.97 Å². The van der Waals surface area contributed by atoms with Gasteiger partial charge in [-0.3, -0.25) is 5.21 Å². The van der Waals surface area contributed by atoms with Crippen molar-refractivity contribution in [3.8, 4) is 0 Å². The molecule has 0 aromatic carbocycles. The van der Waals surface area contributed by atoms with Gasteiger partial charge >= 0.3 is 6.09 Å². The number of fused-ring (bicyclic) bond motifs is 1. The van der Waals surface area contributed by atoms with E-state index in [9.17, 15) is 10.0 Å². The fourth-order valence-corrected chi connectivity index (χ4v) is 2.54. The maximum absolute atomic E-state index is 12.3. The van der Waals surface area contributed by atoms with E-state index >= 15 is 0 Å². The van der Waals surface area contributed by atoms with Crippen LogP contribution >= 0.6 is 11.6 Å². The molecule has 0 saturated carbocycles. The Morgan fingerprint density at radius 3 is 2.42 bits per heavy atom. The summed E-state index contributed by atoms with van der Waals surface area (Å²) in [5.74, 6) is 0.390. The molecule has 0 radical (unpaired) electrons. The SMILES string of the molecule is CC(C)(C)OC(=O)N1CCc2c(nc(Cl)nc2N(O)C(C)(C)C)C1. The zero-order chi connectivity index (χ0) is 18.3. The number of hydrogen-bond acceptors (Lipinski definition) is 6. The van der Waals surface area contributed by atoms with Crippen LogP contribution in [0.15, 0.2) is 0 Å². The van der Waals surface area contributed by atoms with Gasteiger partial charge in [0.15, 0.2) is 5.82 Å². The number of amides is 1. The molecule has 7 nitrogen and oxygen atoms in total. The van der Waals surface area contributed by atoms with Crippen LogP contribution in [0.5, 0.6) is 0 Å². The molecule has 0 bridgehead atoms. The van der Waals surface area contributed by atoms with Crippen LogP contribution in [-0.4, -0.2) is 43.9 Å². The fourth-order valence-electron chi connectivity index (χ4n) is 2.36. The second-order valence-corrected chi connectivity index (χ2v) is 8.21. The molecule has 24 heavy (non-hydrogen) atoms. The first-order chi connectivity index (χ1) is 10.9. The second-order valence-electron chi connectivity index (χ2n) is 7.88. The first kappa shape index (κ1) is 18.7. The molecule has 1 aliphatic heterocycles. The van der Waals surface area contributed by atoms with E-state index in [1.54, 1.807) is 4.90 Å². The number of rotatable bonds is 1. The van der Waals surface area contributed by atoms with E-state index in [4.69, 9.17) is 16.3 Å². The Bertz CT molecular complexity index is 637. The third kappa shape index (κ3) is 4.27. The lowest BCUT2D eigenvalue weighted by Gasteiger charge is -2.35. The van der Waals surface area contributed by atoms with Crippen molar-refractivity contribution in [2.75, 3.05) is 11.6 Å². The van der Waals surface area contributed by atoms with Crippen molar-refractivity contribution in [2.24, 2.45) is 0 Å². The van der Waals surface area contributed by atoms with Gasteiger partial charge in [0.05, 0.1) is 17.8 Å². The lowest BCUT2D eigenvalue weighted by atomic mass is 10.0. The molecule has 0 spiro atoms. The largest absolute Gasteiger partial charge is 0.444 e. The van der Waals surface area contributed by atoms with Gasteiger partial charge in [0, 0.05) is 12.1 Å². The minimum absolute atomic E-state index is 0.0399. The number of nitrogens with zero attached hydrogens (tertiary/aromatic N) is 4. The average molecular weight is 357 g/mol. The molecule has 1 aromatic rings. The lowest BCUT2D eigenvalue weighted by molar-refractivity contribution is 0.0220. The summed E-state index contributed by atoms with van der Waals surface area (Å²) in [4.78, 5) is 22.2. The molecule has 134 valence electrons. The molecular formula is C16H25ClN4O3. The van der Waals surface area contributed by atoms with Crippen molar-refractivity contribution in [1.29, 1.82) is 0 Å². The Hall–Kier alpha value is -1.60. The number of hydroxylamine groups is 1. The predicted molar refractivity (Wildman–Crippen MR) is 91.4 cm³/mol.